The van der Waals surface area contributed by atoms with Crippen molar-refractivity contribution in [3.8, 4) is 0 Å². The summed E-state index contributed by atoms with van der Waals surface area (Å²) < 4.78 is 91.3. The number of rotatable bonds is 8. The van der Waals surface area contributed by atoms with Crippen molar-refractivity contribution in [3.63, 3.8) is 0 Å². The molecule has 6 aromatic heterocycles. The summed E-state index contributed by atoms with van der Waals surface area (Å²) in [6.07, 6.45) is -4.48. The second-order valence-electron chi connectivity index (χ2n) is 15.5. The molecule has 11 aromatic rings. The molecule has 0 saturated carbocycles. The molecule has 2 amide bonds. The van der Waals surface area contributed by atoms with Crippen LogP contribution in [0.5, 0.6) is 0 Å². The molecule has 0 unspecified atom stereocenters. The maximum absolute atomic E-state index is 13.0. The Kier molecular flexibility index (Phi) is 17.4. The van der Waals surface area contributed by atoms with Gasteiger partial charge in [0.25, 0.3) is 11.8 Å². The van der Waals surface area contributed by atoms with E-state index in [0.29, 0.717) is 44.8 Å². The number of H-pyrrole nitrogens is 2. The van der Waals surface area contributed by atoms with Crippen LogP contribution in [-0.4, -0.2) is 53.1 Å². The molecule has 5 aromatic carbocycles. The number of carbonyl (C=O) groups is 3. The van der Waals surface area contributed by atoms with Gasteiger partial charge < -0.3 is 34.7 Å². The smallest absolute Gasteiger partial charge is 0.416 e. The zero-order chi connectivity index (χ0) is 53.5. The first kappa shape index (κ1) is 53.4. The molecule has 0 bridgehead atoms. The molecule has 0 atom stereocenters. The van der Waals surface area contributed by atoms with Gasteiger partial charge in [-0.15, -0.1) is 0 Å². The summed E-state index contributed by atoms with van der Waals surface area (Å²) in [4.78, 5) is 34.0. The minimum absolute atomic E-state index is 0.0231. The summed E-state index contributed by atoms with van der Waals surface area (Å²) in [5.74, 6) is -0.0538. The molecule has 0 aliphatic rings. The van der Waals surface area contributed by atoms with Crippen LogP contribution in [0.1, 0.15) is 53.9 Å². The molecule has 75 heavy (non-hydrogen) atoms. The summed E-state index contributed by atoms with van der Waals surface area (Å²) in [5.41, 5.74) is 7.85. The fourth-order valence-electron chi connectivity index (χ4n) is 6.79. The molecule has 0 fully saturated rings. The number of carboxylic acids is 1. The Morgan fingerprint density at radius 1 is 0.573 bits per heavy atom. The number of nitrogens with two attached hydrogens (primary N) is 1. The highest BCUT2D eigenvalue weighted by Gasteiger charge is 2.31. The van der Waals surface area contributed by atoms with Gasteiger partial charge >= 0.3 is 18.3 Å². The Hall–Kier alpha value is -9.38. The van der Waals surface area contributed by atoms with Crippen LogP contribution in [0.25, 0.3) is 32.7 Å². The third-order valence-corrected chi connectivity index (χ3v) is 11.0. The molecule has 7 N–H and O–H groups in total. The Morgan fingerprint density at radius 2 is 1.05 bits per heavy atom. The fraction of sp³-hybridized carbons (Fsp3) is 0.0769. The van der Waals surface area contributed by atoms with Crippen molar-refractivity contribution < 1.29 is 59.1 Å². The summed E-state index contributed by atoms with van der Waals surface area (Å²) in [6.45, 7) is 0.126. The lowest BCUT2D eigenvalue weighted by molar-refractivity contribution is -0.138. The van der Waals surface area contributed by atoms with Gasteiger partial charge in [0.15, 0.2) is 29.0 Å². The molecule has 23 heteroatoms. The van der Waals surface area contributed by atoms with E-state index in [1.54, 1.807) is 59.3 Å². The lowest BCUT2D eigenvalue weighted by atomic mass is 10.1. The molecule has 384 valence electrons. The SMILES string of the molecule is FC(F)(F)c1cccc(CBr)c1.Nc1n[nH]c2ccccc12.O=C(Nc1n[nH]c2ccccc12)c1ccco1.O=C(Nc1nn(Cc2cccc(C(F)(F)F)c2)c2ccccc12)c1ccco1.O=C(O)c1ccco1. The van der Waals surface area contributed by atoms with Crippen LogP contribution >= 0.6 is 15.9 Å². The number of benzene rings is 5. The summed E-state index contributed by atoms with van der Waals surface area (Å²) in [7, 11) is 0. The lowest BCUT2D eigenvalue weighted by Gasteiger charge is -2.09. The first-order chi connectivity index (χ1) is 36.0. The van der Waals surface area contributed by atoms with Gasteiger partial charge in [-0.1, -0.05) is 82.7 Å². The number of fused-ring (bicyclic) bond motifs is 3. The number of halogens is 7. The van der Waals surface area contributed by atoms with E-state index < -0.39 is 35.4 Å². The maximum Gasteiger partial charge on any atom is 0.416 e. The van der Waals surface area contributed by atoms with Gasteiger partial charge in [0.1, 0.15) is 0 Å². The van der Waals surface area contributed by atoms with E-state index >= 15 is 0 Å². The van der Waals surface area contributed by atoms with Crippen molar-refractivity contribution in [1.82, 2.24) is 30.2 Å². The number of nitrogens with zero attached hydrogens (tertiary/aromatic N) is 4. The third-order valence-electron chi connectivity index (χ3n) is 10.3. The molecule has 6 heterocycles. The average Bonchev–Trinajstić information content (AvgIpc) is 4.28. The predicted octanol–water partition coefficient (Wildman–Crippen LogP) is 13.1. The van der Waals surface area contributed by atoms with E-state index in [9.17, 15) is 40.7 Å². The molecule has 0 aliphatic carbocycles. The molecule has 0 aliphatic heterocycles. The third kappa shape index (κ3) is 14.4. The van der Waals surface area contributed by atoms with E-state index in [2.05, 4.69) is 56.5 Å². The van der Waals surface area contributed by atoms with Crippen LogP contribution in [0.4, 0.5) is 43.8 Å². The van der Waals surface area contributed by atoms with Gasteiger partial charge in [-0.25, -0.2) is 4.79 Å². The van der Waals surface area contributed by atoms with E-state index in [1.165, 1.54) is 49.1 Å². The van der Waals surface area contributed by atoms with E-state index in [0.717, 1.165) is 46.1 Å². The molecule has 11 rings (SSSR count). The second-order valence-corrected chi connectivity index (χ2v) is 16.0. The number of carbonyl (C=O) groups excluding carboxylic acids is 2. The normalized spacial score (nSPS) is 11.0. The van der Waals surface area contributed by atoms with Crippen LogP contribution in [0, 0.1) is 0 Å². The molecule has 0 spiro atoms. The van der Waals surface area contributed by atoms with Crippen molar-refractivity contribution in [2.75, 3.05) is 16.4 Å². The Labute approximate surface area is 428 Å². The Balaban J connectivity index is 0.000000148. The quantitative estimate of drug-likeness (QED) is 0.0618. The van der Waals surface area contributed by atoms with Crippen molar-refractivity contribution in [2.45, 2.75) is 24.2 Å². The number of nitrogens with one attached hydrogen (secondary N) is 4. The molecule has 0 radical (unpaired) electrons. The van der Waals surface area contributed by atoms with Gasteiger partial charge in [-0.3, -0.25) is 24.5 Å². The van der Waals surface area contributed by atoms with Gasteiger partial charge in [0.05, 0.1) is 53.0 Å². The minimum Gasteiger partial charge on any atom is -0.475 e. The van der Waals surface area contributed by atoms with Gasteiger partial charge in [-0.2, -0.15) is 41.6 Å². The second kappa shape index (κ2) is 24.4. The number of aromatic amines is 2. The maximum atomic E-state index is 13.0. The van der Waals surface area contributed by atoms with Crippen LogP contribution in [0.3, 0.4) is 0 Å². The summed E-state index contributed by atoms with van der Waals surface area (Å²) in [6, 6.07) is 42.1. The molecular weight excluding hydrogens is 1060 g/mol. The van der Waals surface area contributed by atoms with Crippen molar-refractivity contribution >= 4 is 83.9 Å². The van der Waals surface area contributed by atoms with Gasteiger partial charge in [-0.05, 0) is 102 Å². The predicted molar refractivity (Wildman–Crippen MR) is 270 cm³/mol. The van der Waals surface area contributed by atoms with Crippen molar-refractivity contribution in [1.29, 1.82) is 0 Å². The number of hydrogen-bond acceptors (Lipinski definition) is 10. The van der Waals surface area contributed by atoms with Crippen molar-refractivity contribution in [2.24, 2.45) is 0 Å². The van der Waals surface area contributed by atoms with E-state index in [1.807, 2.05) is 48.5 Å². The van der Waals surface area contributed by atoms with E-state index in [-0.39, 0.29) is 29.7 Å². The average molecular weight is 1100 g/mol. The molecule has 0 saturated heterocycles. The first-order valence-corrected chi connectivity index (χ1v) is 23.0. The number of amides is 2. The lowest BCUT2D eigenvalue weighted by Crippen LogP contribution is -2.12. The number of nitrogen functional groups attached to an aromatic ring is 1. The number of carboxylic acid groups (broad SMARTS) is 1. The highest BCUT2D eigenvalue weighted by molar-refractivity contribution is 9.08. The number of para-hydroxylation sites is 3. The highest BCUT2D eigenvalue weighted by Crippen LogP contribution is 2.32. The molecule has 16 nitrogen and oxygen atoms in total. The summed E-state index contributed by atoms with van der Waals surface area (Å²) in [5, 5.41) is 34.5. The standard InChI is InChI=1S/C20H14F3N3O2.C12H9N3O2.C8H6BrF3.C7H7N3.C5H4O3/c21-20(22,23)14-6-3-5-13(11-14)12-26-16-8-2-1-7-15(16)18(25-26)24-19(27)17-9-4-10-28-17;16-12(10-6-3-7-17-10)13-11-8-4-1-2-5-9(8)14-15-11;9-5-6-2-1-3-7(4-6)8(10,11)12;8-7-5-3-1-2-4-6(5)9-10-7;6-5(7)4-2-1-3-8-4/h1-11H,12H2,(H,24,25,27);1-7H,(H2,13,14,15,16);1-4H,5H2;1-4H,(H3,8,9,10);1-3H,(H,6,7). The minimum atomic E-state index is -4.41. The van der Waals surface area contributed by atoms with Crippen LogP contribution < -0.4 is 16.4 Å². The van der Waals surface area contributed by atoms with Crippen LogP contribution in [0.15, 0.2) is 190 Å². The first-order valence-electron chi connectivity index (χ1n) is 21.9. The zero-order valence-electron chi connectivity index (χ0n) is 38.6. The number of furan rings is 3. The monoisotopic (exact) mass is 1100 g/mol. The summed E-state index contributed by atoms with van der Waals surface area (Å²) >= 11 is 3.09. The van der Waals surface area contributed by atoms with E-state index in [4.69, 9.17) is 19.7 Å². The van der Waals surface area contributed by atoms with Crippen molar-refractivity contribution in [3.05, 3.63) is 216 Å². The Bertz CT molecular complexity index is 3610. The number of aromatic nitrogens is 6. The largest absolute Gasteiger partial charge is 0.475 e. The number of anilines is 3. The van der Waals surface area contributed by atoms with Crippen LogP contribution in [0.2, 0.25) is 0 Å². The Morgan fingerprint density at radius 3 is 1.57 bits per heavy atom. The van der Waals surface area contributed by atoms with Crippen LogP contribution in [-0.2, 0) is 24.2 Å². The molecular formula is C52H40BrF6N9O7. The number of alkyl halides is 7. The number of hydrogen-bond donors (Lipinski definition) is 6. The van der Waals surface area contributed by atoms with Gasteiger partial charge in [0.2, 0.25) is 5.76 Å². The number of aromatic carboxylic acids is 1. The fourth-order valence-corrected chi connectivity index (χ4v) is 7.14. The topological polar surface area (TPSA) is 236 Å². The zero-order valence-corrected chi connectivity index (χ0v) is 40.2. The van der Waals surface area contributed by atoms with Gasteiger partial charge in [0, 0.05) is 21.5 Å². The highest BCUT2D eigenvalue weighted by atomic mass is 79.9.